The maximum Gasteiger partial charge on any atom is 0.304 e. The van der Waals surface area contributed by atoms with Crippen LogP contribution in [0.5, 0.6) is 5.75 Å². The molecule has 0 aromatic heterocycles. The summed E-state index contributed by atoms with van der Waals surface area (Å²) in [7, 11) is 1.59. The summed E-state index contributed by atoms with van der Waals surface area (Å²) in [6.07, 6.45) is 0.690. The number of aliphatic carboxylic acids is 1. The van der Waals surface area contributed by atoms with E-state index in [1.165, 1.54) is 12.8 Å². The molecule has 1 aromatic carbocycles. The molecule has 33 heavy (non-hydrogen) atoms. The third kappa shape index (κ3) is 3.50. The van der Waals surface area contributed by atoms with E-state index in [1.54, 1.807) is 7.11 Å². The summed E-state index contributed by atoms with van der Waals surface area (Å²) in [5, 5.41) is 41.8. The Morgan fingerprint density at radius 3 is 2.70 bits per heavy atom. The van der Waals surface area contributed by atoms with Gasteiger partial charge in [-0.05, 0) is 67.8 Å². The molecule has 8 nitrogen and oxygen atoms in total. The molecule has 2 saturated carbocycles. The number of ether oxygens (including phenoxy) is 1. The van der Waals surface area contributed by atoms with Crippen molar-refractivity contribution in [2.75, 3.05) is 20.2 Å². The van der Waals surface area contributed by atoms with E-state index in [4.69, 9.17) is 4.74 Å². The average molecular weight is 460 g/mol. The van der Waals surface area contributed by atoms with Crippen molar-refractivity contribution in [1.29, 1.82) is 0 Å². The van der Waals surface area contributed by atoms with E-state index in [9.17, 15) is 30.0 Å². The van der Waals surface area contributed by atoms with Crippen LogP contribution in [0, 0.1) is 11.3 Å². The number of carboxylic acid groups (broad SMARTS) is 1. The van der Waals surface area contributed by atoms with E-state index < -0.39 is 41.5 Å². The number of nitrogens with zero attached hydrogens (tertiary/aromatic N) is 1. The van der Waals surface area contributed by atoms with Gasteiger partial charge in [0.2, 0.25) is 0 Å². The zero-order valence-electron chi connectivity index (χ0n) is 19.0. The molecule has 4 atom stereocenters. The summed E-state index contributed by atoms with van der Waals surface area (Å²) in [6, 6.07) is 5.59. The maximum absolute atomic E-state index is 13.7. The van der Waals surface area contributed by atoms with Gasteiger partial charge in [0.15, 0.2) is 6.29 Å². The Hall–Kier alpha value is -2.00. The third-order valence-electron chi connectivity index (χ3n) is 8.81. The first-order chi connectivity index (χ1) is 15.6. The standard InChI is InChI=1S/C25H33NO7/c1-33-17-5-4-16-8-19-25(32)14-23(11-21(28)29,12-22(30)31)20(27)10-24(25,18(16)9-17)6-7-26(19)13-15-2-3-15/h4-5,9,15,19,21,28-29,32H,2-3,6-8,10-14H2,1H3,(H,30,31). The van der Waals surface area contributed by atoms with Crippen LogP contribution in [0.3, 0.4) is 0 Å². The molecular weight excluding hydrogens is 426 g/mol. The lowest BCUT2D eigenvalue weighted by Gasteiger charge is -2.66. The number of hydrogen-bond acceptors (Lipinski definition) is 7. The van der Waals surface area contributed by atoms with Crippen molar-refractivity contribution in [2.45, 2.75) is 74.7 Å². The quantitative estimate of drug-likeness (QED) is 0.449. The number of aliphatic hydroxyl groups is 3. The molecule has 3 aliphatic carbocycles. The minimum Gasteiger partial charge on any atom is -0.497 e. The molecule has 0 spiro atoms. The largest absolute Gasteiger partial charge is 0.497 e. The van der Waals surface area contributed by atoms with Crippen LogP contribution in [-0.2, 0) is 21.4 Å². The molecule has 8 heteroatoms. The smallest absolute Gasteiger partial charge is 0.304 e. The van der Waals surface area contributed by atoms with Gasteiger partial charge in [-0.3, -0.25) is 14.5 Å². The van der Waals surface area contributed by atoms with Crippen LogP contribution in [0.2, 0.25) is 0 Å². The van der Waals surface area contributed by atoms with Crippen LogP contribution >= 0.6 is 0 Å². The van der Waals surface area contributed by atoms with Crippen LogP contribution in [0.4, 0.5) is 0 Å². The van der Waals surface area contributed by atoms with Crippen molar-refractivity contribution in [3.63, 3.8) is 0 Å². The zero-order chi connectivity index (χ0) is 23.6. The summed E-state index contributed by atoms with van der Waals surface area (Å²) in [5.41, 5.74) is -1.73. The highest BCUT2D eigenvalue weighted by Gasteiger charge is 2.69. The summed E-state index contributed by atoms with van der Waals surface area (Å²) < 4.78 is 5.46. The first kappa shape index (κ1) is 22.8. The lowest BCUT2D eigenvalue weighted by atomic mass is 9.44. The van der Waals surface area contributed by atoms with Gasteiger partial charge in [-0.15, -0.1) is 0 Å². The number of hydrogen-bond donors (Lipinski definition) is 4. The SMILES string of the molecule is COc1ccc2c(c1)C13CCN(CC4CC4)C(C2)C1(O)CC(CC(=O)O)(CC(O)O)C(=O)C3. The fraction of sp³-hybridized carbons (Fsp3) is 0.680. The number of carbonyl (C=O) groups is 2. The number of piperidine rings is 1. The minimum absolute atomic E-state index is 0.0164. The molecule has 4 unspecified atom stereocenters. The number of likely N-dealkylation sites (tertiary alicyclic amines) is 1. The number of aliphatic hydroxyl groups excluding tert-OH is 1. The Bertz CT molecular complexity index is 976. The summed E-state index contributed by atoms with van der Waals surface area (Å²) >= 11 is 0. The lowest BCUT2D eigenvalue weighted by molar-refractivity contribution is -0.205. The highest BCUT2D eigenvalue weighted by Crippen LogP contribution is 2.62. The van der Waals surface area contributed by atoms with Crippen LogP contribution in [0.1, 0.15) is 56.1 Å². The van der Waals surface area contributed by atoms with Gasteiger partial charge in [-0.1, -0.05) is 6.07 Å². The molecule has 0 radical (unpaired) electrons. The molecular formula is C25H33NO7. The lowest BCUT2D eigenvalue weighted by Crippen LogP contribution is -2.76. The average Bonchev–Trinajstić information content (AvgIpc) is 3.54. The van der Waals surface area contributed by atoms with E-state index in [-0.39, 0.29) is 24.7 Å². The van der Waals surface area contributed by atoms with Crippen LogP contribution in [-0.4, -0.2) is 75.2 Å². The first-order valence-electron chi connectivity index (χ1n) is 11.9. The summed E-state index contributed by atoms with van der Waals surface area (Å²) in [4.78, 5) is 27.8. The molecule has 1 heterocycles. The number of carbonyl (C=O) groups excluding carboxylic acids is 1. The second-order valence-electron chi connectivity index (χ2n) is 10.7. The normalized spacial score (nSPS) is 35.8. The van der Waals surface area contributed by atoms with E-state index in [1.807, 2.05) is 18.2 Å². The van der Waals surface area contributed by atoms with Crippen LogP contribution in [0.15, 0.2) is 18.2 Å². The van der Waals surface area contributed by atoms with E-state index in [0.717, 1.165) is 24.2 Å². The number of fused-ring (bicyclic) bond motifs is 1. The molecule has 4 aliphatic rings. The number of benzene rings is 1. The Morgan fingerprint density at radius 1 is 1.30 bits per heavy atom. The fourth-order valence-corrected chi connectivity index (χ4v) is 7.12. The van der Waals surface area contributed by atoms with E-state index >= 15 is 0 Å². The third-order valence-corrected chi connectivity index (χ3v) is 8.81. The van der Waals surface area contributed by atoms with Crippen LogP contribution < -0.4 is 4.74 Å². The van der Waals surface area contributed by atoms with Gasteiger partial charge in [-0.2, -0.15) is 0 Å². The number of ketones is 1. The number of carboxylic acids is 1. The molecule has 2 bridgehead atoms. The first-order valence-corrected chi connectivity index (χ1v) is 11.9. The van der Waals surface area contributed by atoms with Crippen molar-refractivity contribution in [3.05, 3.63) is 29.3 Å². The topological polar surface area (TPSA) is 128 Å². The molecule has 1 saturated heterocycles. The Balaban J connectivity index is 1.65. The number of methoxy groups -OCH3 is 1. The molecule has 3 fully saturated rings. The van der Waals surface area contributed by atoms with Gasteiger partial charge in [-0.25, -0.2) is 0 Å². The molecule has 0 amide bonds. The van der Waals surface area contributed by atoms with Crippen molar-refractivity contribution < 1.29 is 34.8 Å². The summed E-state index contributed by atoms with van der Waals surface area (Å²) in [6.45, 7) is 1.65. The van der Waals surface area contributed by atoms with Gasteiger partial charge >= 0.3 is 5.97 Å². The van der Waals surface area contributed by atoms with Gasteiger partial charge in [0.05, 0.1) is 19.1 Å². The Morgan fingerprint density at radius 2 is 2.06 bits per heavy atom. The number of rotatable bonds is 7. The zero-order valence-corrected chi connectivity index (χ0v) is 19.0. The van der Waals surface area contributed by atoms with E-state index in [0.29, 0.717) is 24.5 Å². The highest BCUT2D eigenvalue weighted by molar-refractivity contribution is 5.91. The molecule has 4 N–H and O–H groups in total. The minimum atomic E-state index is -1.83. The van der Waals surface area contributed by atoms with Crippen LogP contribution in [0.25, 0.3) is 0 Å². The molecule has 1 aromatic rings. The monoisotopic (exact) mass is 459 g/mol. The van der Waals surface area contributed by atoms with Crippen molar-refractivity contribution in [1.82, 2.24) is 4.90 Å². The van der Waals surface area contributed by atoms with Gasteiger partial charge in [0.1, 0.15) is 11.5 Å². The molecule has 5 rings (SSSR count). The van der Waals surface area contributed by atoms with Gasteiger partial charge < -0.3 is 25.2 Å². The van der Waals surface area contributed by atoms with E-state index in [2.05, 4.69) is 4.90 Å². The molecule has 1 aliphatic heterocycles. The van der Waals surface area contributed by atoms with Crippen molar-refractivity contribution in [3.8, 4) is 5.75 Å². The van der Waals surface area contributed by atoms with Gasteiger partial charge in [0, 0.05) is 36.3 Å². The predicted molar refractivity (Wildman–Crippen MR) is 118 cm³/mol. The second kappa shape index (κ2) is 7.77. The van der Waals surface area contributed by atoms with Crippen molar-refractivity contribution >= 4 is 11.8 Å². The number of Topliss-reactive ketones (excluding diaryl/α,β-unsaturated/α-hetero) is 1. The maximum atomic E-state index is 13.7. The predicted octanol–water partition coefficient (Wildman–Crippen LogP) is 1.23. The summed E-state index contributed by atoms with van der Waals surface area (Å²) in [5.74, 6) is -0.217. The molecule has 180 valence electrons. The van der Waals surface area contributed by atoms with Gasteiger partial charge in [0.25, 0.3) is 0 Å². The van der Waals surface area contributed by atoms with Crippen molar-refractivity contribution in [2.24, 2.45) is 11.3 Å². The fourth-order valence-electron chi connectivity index (χ4n) is 7.12. The Labute approximate surface area is 193 Å². The Kier molecular flexibility index (Phi) is 5.36. The second-order valence-corrected chi connectivity index (χ2v) is 10.7. The highest BCUT2D eigenvalue weighted by atomic mass is 16.5.